The molecule has 2 rings (SSSR count). The second kappa shape index (κ2) is 7.54. The number of halogens is 1. The lowest BCUT2D eigenvalue weighted by Gasteiger charge is -2.16. The van der Waals surface area contributed by atoms with E-state index in [1.165, 1.54) is 11.3 Å². The van der Waals surface area contributed by atoms with E-state index in [2.05, 4.69) is 4.98 Å². The maximum absolute atomic E-state index is 12.3. The Kier molecular flexibility index (Phi) is 5.73. The van der Waals surface area contributed by atoms with Crippen LogP contribution in [0.15, 0.2) is 29.6 Å². The van der Waals surface area contributed by atoms with Gasteiger partial charge in [-0.15, -0.1) is 22.9 Å². The van der Waals surface area contributed by atoms with Crippen LogP contribution in [0, 0.1) is 0 Å². The van der Waals surface area contributed by atoms with Crippen molar-refractivity contribution in [2.24, 2.45) is 0 Å². The van der Waals surface area contributed by atoms with Crippen LogP contribution in [0.5, 0.6) is 0 Å². The number of aromatic nitrogens is 1. The molecule has 0 fully saturated rings. The van der Waals surface area contributed by atoms with Crippen molar-refractivity contribution in [2.45, 2.75) is 5.88 Å². The number of amides is 1. The highest BCUT2D eigenvalue weighted by molar-refractivity contribution is 7.13. The first kappa shape index (κ1) is 15.9. The van der Waals surface area contributed by atoms with Crippen LogP contribution in [0.1, 0.15) is 16.1 Å². The molecule has 0 bridgehead atoms. The molecule has 1 aromatic heterocycles. The lowest BCUT2D eigenvalue weighted by molar-refractivity contribution is 0.0744. The van der Waals surface area contributed by atoms with Gasteiger partial charge in [-0.25, -0.2) is 4.98 Å². The molecule has 0 aliphatic heterocycles. The van der Waals surface area contributed by atoms with E-state index < -0.39 is 0 Å². The van der Waals surface area contributed by atoms with Gasteiger partial charge in [0.05, 0.1) is 18.2 Å². The first-order valence-corrected chi connectivity index (χ1v) is 7.92. The second-order valence-electron chi connectivity index (χ2n) is 4.58. The van der Waals surface area contributed by atoms with Gasteiger partial charge in [-0.1, -0.05) is 12.1 Å². The van der Waals surface area contributed by atoms with Gasteiger partial charge in [0, 0.05) is 37.2 Å². The van der Waals surface area contributed by atoms with Crippen LogP contribution in [-0.2, 0) is 10.6 Å². The maximum atomic E-state index is 12.3. The fourth-order valence-corrected chi connectivity index (χ4v) is 2.88. The molecule has 112 valence electrons. The van der Waals surface area contributed by atoms with Gasteiger partial charge in [0.15, 0.2) is 0 Å². The summed E-state index contributed by atoms with van der Waals surface area (Å²) in [6.45, 7) is 1.08. The molecule has 6 heteroatoms. The van der Waals surface area contributed by atoms with Crippen molar-refractivity contribution in [3.8, 4) is 10.6 Å². The molecule has 2 aromatic rings. The van der Waals surface area contributed by atoms with E-state index in [0.29, 0.717) is 24.6 Å². The summed E-state index contributed by atoms with van der Waals surface area (Å²) in [5, 5.41) is 2.81. The summed E-state index contributed by atoms with van der Waals surface area (Å²) >= 11 is 7.30. The summed E-state index contributed by atoms with van der Waals surface area (Å²) in [4.78, 5) is 18.4. The summed E-state index contributed by atoms with van der Waals surface area (Å²) in [6, 6.07) is 7.49. The molecule has 0 spiro atoms. The van der Waals surface area contributed by atoms with Gasteiger partial charge in [-0.05, 0) is 12.1 Å². The standard InChI is InChI=1S/C15H17ClN2O2S/c1-18(6-7-20-2)15(19)12-5-3-4-11(8-12)14-17-13(9-16)10-21-14/h3-5,8,10H,6-7,9H2,1-2H3. The number of hydrogen-bond donors (Lipinski definition) is 0. The van der Waals surface area contributed by atoms with E-state index >= 15 is 0 Å². The average molecular weight is 325 g/mol. The zero-order valence-corrected chi connectivity index (χ0v) is 13.6. The lowest BCUT2D eigenvalue weighted by atomic mass is 10.1. The fraction of sp³-hybridized carbons (Fsp3) is 0.333. The molecule has 0 unspecified atom stereocenters. The van der Waals surface area contributed by atoms with E-state index in [1.807, 2.05) is 29.6 Å². The Morgan fingerprint density at radius 3 is 2.95 bits per heavy atom. The van der Waals surface area contributed by atoms with Crippen LogP contribution in [0.25, 0.3) is 10.6 Å². The number of nitrogens with zero attached hydrogens (tertiary/aromatic N) is 2. The number of ether oxygens (including phenoxy) is 1. The third-order valence-electron chi connectivity index (χ3n) is 3.02. The first-order valence-electron chi connectivity index (χ1n) is 6.51. The maximum Gasteiger partial charge on any atom is 0.253 e. The number of methoxy groups -OCH3 is 1. The number of alkyl halides is 1. The van der Waals surface area contributed by atoms with Crippen LogP contribution in [-0.4, -0.2) is 43.1 Å². The van der Waals surface area contributed by atoms with Gasteiger partial charge < -0.3 is 9.64 Å². The summed E-state index contributed by atoms with van der Waals surface area (Å²) in [5.41, 5.74) is 2.43. The molecule has 21 heavy (non-hydrogen) atoms. The highest BCUT2D eigenvalue weighted by atomic mass is 35.5. The van der Waals surface area contributed by atoms with Crippen molar-refractivity contribution in [3.63, 3.8) is 0 Å². The lowest BCUT2D eigenvalue weighted by Crippen LogP contribution is -2.29. The largest absolute Gasteiger partial charge is 0.383 e. The molecule has 0 saturated carbocycles. The predicted octanol–water partition coefficient (Wildman–Crippen LogP) is 3.27. The summed E-state index contributed by atoms with van der Waals surface area (Å²) in [5.74, 6) is 0.373. The quantitative estimate of drug-likeness (QED) is 0.766. The highest BCUT2D eigenvalue weighted by Gasteiger charge is 2.13. The Hall–Kier alpha value is -1.43. The van der Waals surface area contributed by atoms with Gasteiger partial charge in [0.25, 0.3) is 5.91 Å². The summed E-state index contributed by atoms with van der Waals surface area (Å²) < 4.78 is 4.99. The van der Waals surface area contributed by atoms with Crippen LogP contribution in [0.4, 0.5) is 0 Å². The van der Waals surface area contributed by atoms with Crippen molar-refractivity contribution in [3.05, 3.63) is 40.9 Å². The molecule has 1 heterocycles. The van der Waals surface area contributed by atoms with Gasteiger partial charge in [-0.3, -0.25) is 4.79 Å². The normalized spacial score (nSPS) is 10.6. The molecule has 0 N–H and O–H groups in total. The van der Waals surface area contributed by atoms with Crippen LogP contribution >= 0.6 is 22.9 Å². The van der Waals surface area contributed by atoms with E-state index in [0.717, 1.165) is 16.3 Å². The highest BCUT2D eigenvalue weighted by Crippen LogP contribution is 2.25. The summed E-state index contributed by atoms with van der Waals surface area (Å²) in [7, 11) is 3.39. The summed E-state index contributed by atoms with van der Waals surface area (Å²) in [6.07, 6.45) is 0. The van der Waals surface area contributed by atoms with Gasteiger partial charge in [0.2, 0.25) is 0 Å². The molecule has 0 atom stereocenters. The monoisotopic (exact) mass is 324 g/mol. The molecular weight excluding hydrogens is 308 g/mol. The fourth-order valence-electron chi connectivity index (χ4n) is 1.84. The molecule has 0 aliphatic carbocycles. The number of carbonyl (C=O) groups is 1. The minimum absolute atomic E-state index is 0.0250. The van der Waals surface area contributed by atoms with Crippen LogP contribution in [0.2, 0.25) is 0 Å². The number of thiazole rings is 1. The van der Waals surface area contributed by atoms with E-state index in [4.69, 9.17) is 16.3 Å². The molecule has 0 radical (unpaired) electrons. The van der Waals surface area contributed by atoms with E-state index in [-0.39, 0.29) is 5.91 Å². The average Bonchev–Trinajstić information content (AvgIpc) is 3.01. The molecular formula is C15H17ClN2O2S. The number of rotatable bonds is 6. The smallest absolute Gasteiger partial charge is 0.253 e. The van der Waals surface area contributed by atoms with Crippen molar-refractivity contribution < 1.29 is 9.53 Å². The molecule has 1 aromatic carbocycles. The van der Waals surface area contributed by atoms with Crippen molar-refractivity contribution in [1.29, 1.82) is 0 Å². The minimum Gasteiger partial charge on any atom is -0.383 e. The third kappa shape index (κ3) is 4.03. The number of carbonyl (C=O) groups excluding carboxylic acids is 1. The molecule has 4 nitrogen and oxygen atoms in total. The number of benzene rings is 1. The Labute approximate surface area is 133 Å². The van der Waals surface area contributed by atoms with Crippen molar-refractivity contribution >= 4 is 28.8 Å². The topological polar surface area (TPSA) is 42.4 Å². The first-order chi connectivity index (χ1) is 10.2. The Balaban J connectivity index is 2.19. The molecule has 0 aliphatic rings. The molecule has 1 amide bonds. The predicted molar refractivity (Wildman–Crippen MR) is 85.9 cm³/mol. The van der Waals surface area contributed by atoms with Crippen molar-refractivity contribution in [1.82, 2.24) is 9.88 Å². The van der Waals surface area contributed by atoms with Gasteiger partial charge in [0.1, 0.15) is 5.01 Å². The zero-order valence-electron chi connectivity index (χ0n) is 12.0. The van der Waals surface area contributed by atoms with E-state index in [9.17, 15) is 4.79 Å². The van der Waals surface area contributed by atoms with E-state index in [1.54, 1.807) is 19.1 Å². The van der Waals surface area contributed by atoms with Gasteiger partial charge >= 0.3 is 0 Å². The third-order valence-corrected chi connectivity index (χ3v) is 4.24. The van der Waals surface area contributed by atoms with Crippen LogP contribution < -0.4 is 0 Å². The second-order valence-corrected chi connectivity index (χ2v) is 5.70. The zero-order chi connectivity index (χ0) is 15.2. The molecule has 0 saturated heterocycles. The van der Waals surface area contributed by atoms with Crippen molar-refractivity contribution in [2.75, 3.05) is 27.3 Å². The number of likely N-dealkylation sites (N-methyl/N-ethyl adjacent to an activating group) is 1. The SMILES string of the molecule is COCCN(C)C(=O)c1cccc(-c2nc(CCl)cs2)c1. The van der Waals surface area contributed by atoms with Crippen LogP contribution in [0.3, 0.4) is 0 Å². The van der Waals surface area contributed by atoms with Gasteiger partial charge in [-0.2, -0.15) is 0 Å². The Bertz CT molecular complexity index is 615. The Morgan fingerprint density at radius 2 is 2.29 bits per heavy atom. The number of hydrogen-bond acceptors (Lipinski definition) is 4. The Morgan fingerprint density at radius 1 is 1.48 bits per heavy atom. The minimum atomic E-state index is -0.0250.